The molecule has 3 N–H and O–H groups in total. The minimum atomic E-state index is -3.76. The summed E-state index contributed by atoms with van der Waals surface area (Å²) in [7, 11) is -3.76. The number of hydrogen-bond acceptors (Lipinski definition) is 8. The first kappa shape index (κ1) is 35.3. The van der Waals surface area contributed by atoms with Gasteiger partial charge in [0.25, 0.3) is 5.91 Å². The molecule has 0 unspecified atom stereocenters. The number of nitrogens with one attached hydrogen (secondary N) is 2. The van der Waals surface area contributed by atoms with Crippen LogP contribution in [0.3, 0.4) is 0 Å². The van der Waals surface area contributed by atoms with Crippen molar-refractivity contribution in [1.29, 1.82) is 0 Å². The van der Waals surface area contributed by atoms with Crippen molar-refractivity contribution in [2.75, 3.05) is 25.5 Å². The average molecular weight is 735 g/mol. The average Bonchev–Trinajstić information content (AvgIpc) is 3.51. The Balaban J connectivity index is 1.42. The second kappa shape index (κ2) is 16.9. The summed E-state index contributed by atoms with van der Waals surface area (Å²) in [6, 6.07) is 32.9. The number of aliphatic hydroxyl groups excluding tert-OH is 1. The van der Waals surface area contributed by atoms with E-state index in [-0.39, 0.29) is 29.6 Å². The molecule has 0 aromatic heterocycles. The summed E-state index contributed by atoms with van der Waals surface area (Å²) in [6.07, 6.45) is 2.15. The Morgan fingerprint density at radius 3 is 2.27 bits per heavy atom. The van der Waals surface area contributed by atoms with Crippen LogP contribution in [-0.4, -0.2) is 56.4 Å². The van der Waals surface area contributed by atoms with E-state index in [9.17, 15) is 13.2 Å². The first-order valence-electron chi connectivity index (χ1n) is 16.0. The third-order valence-corrected chi connectivity index (χ3v) is 10.4. The molecule has 5 rings (SSSR count). The molecule has 0 saturated heterocycles. The van der Waals surface area contributed by atoms with E-state index in [0.717, 1.165) is 23.7 Å². The number of halogens is 1. The van der Waals surface area contributed by atoms with Gasteiger partial charge in [0.1, 0.15) is 5.75 Å². The van der Waals surface area contributed by atoms with Gasteiger partial charge in [-0.25, -0.2) is 18.8 Å². The minimum absolute atomic E-state index is 0.0346. The quantitative estimate of drug-likeness (QED) is 0.0902. The molecule has 9 nitrogen and oxygen atoms in total. The lowest BCUT2D eigenvalue weighted by Gasteiger charge is -2.30. The zero-order valence-corrected chi connectivity index (χ0v) is 29.0. The summed E-state index contributed by atoms with van der Waals surface area (Å²) in [6.45, 7) is 0.930. The number of rotatable bonds is 17. The molecule has 4 aromatic rings. The van der Waals surface area contributed by atoms with Crippen LogP contribution in [0.4, 0.5) is 0 Å². The van der Waals surface area contributed by atoms with E-state index in [2.05, 4.69) is 38.9 Å². The molecule has 0 radical (unpaired) electrons. The van der Waals surface area contributed by atoms with Crippen LogP contribution in [-0.2, 0) is 25.8 Å². The number of benzene rings is 4. The summed E-state index contributed by atoms with van der Waals surface area (Å²) >= 11 is 3.48. The first-order valence-corrected chi connectivity index (χ1v) is 18.5. The number of sulfone groups is 1. The standard InChI is InChI=1S/C37H40BrN3O6S/c38-31-19-15-29(16-20-31)34-37(23-27-48(44,45)33-13-5-2-6-14-33,36(43)41-39-24-8-7-12-28-10-3-1-4-11-28)40-35(47-34)30-17-21-32(22-18-30)46-26-9-25-42/h1-6,10-11,13-22,34,39,42H,7-9,12,23-27H2,(H,41,43)/t34-,37-/m0/s1. The fourth-order valence-corrected chi connectivity index (χ4v) is 7.13. The Bertz CT molecular complexity index is 1750. The van der Waals surface area contributed by atoms with Crippen LogP contribution in [0.25, 0.3) is 0 Å². The maximum absolute atomic E-state index is 14.3. The van der Waals surface area contributed by atoms with E-state index in [1.165, 1.54) is 5.56 Å². The smallest absolute Gasteiger partial charge is 0.266 e. The first-order chi connectivity index (χ1) is 23.3. The molecule has 1 aliphatic heterocycles. The Hall–Kier alpha value is -4.03. The van der Waals surface area contributed by atoms with Gasteiger partial charge in [-0.2, -0.15) is 0 Å². The molecule has 4 aromatic carbocycles. The molecule has 0 aliphatic carbocycles. The van der Waals surface area contributed by atoms with Crippen molar-refractivity contribution in [2.24, 2.45) is 4.99 Å². The highest BCUT2D eigenvalue weighted by Gasteiger charge is 2.53. The summed E-state index contributed by atoms with van der Waals surface area (Å²) in [5.41, 5.74) is 6.83. The molecule has 48 heavy (non-hydrogen) atoms. The molecule has 1 aliphatic rings. The zero-order valence-electron chi connectivity index (χ0n) is 26.6. The number of unbranched alkanes of at least 4 members (excludes halogenated alkanes) is 1. The van der Waals surface area contributed by atoms with Gasteiger partial charge in [0.15, 0.2) is 21.5 Å². The number of aliphatic hydroxyl groups is 1. The molecule has 11 heteroatoms. The van der Waals surface area contributed by atoms with Crippen molar-refractivity contribution >= 4 is 37.6 Å². The van der Waals surface area contributed by atoms with Gasteiger partial charge < -0.3 is 14.6 Å². The summed E-state index contributed by atoms with van der Waals surface area (Å²) in [4.78, 5) is 19.4. The van der Waals surface area contributed by atoms with Gasteiger partial charge >= 0.3 is 0 Å². The zero-order chi connectivity index (χ0) is 33.8. The Morgan fingerprint density at radius 2 is 1.58 bits per heavy atom. The molecule has 0 bridgehead atoms. The molecule has 0 saturated carbocycles. The Morgan fingerprint density at radius 1 is 0.896 bits per heavy atom. The van der Waals surface area contributed by atoms with Gasteiger partial charge in [-0.1, -0.05) is 76.6 Å². The second-order valence-electron chi connectivity index (χ2n) is 11.5. The highest BCUT2D eigenvalue weighted by atomic mass is 79.9. The summed E-state index contributed by atoms with van der Waals surface area (Å²) in [5.74, 6) is 0.0251. The molecular weight excluding hydrogens is 694 g/mol. The molecule has 0 fully saturated rings. The highest BCUT2D eigenvalue weighted by molar-refractivity contribution is 9.10. The van der Waals surface area contributed by atoms with E-state index < -0.39 is 27.4 Å². The number of carbonyl (C=O) groups is 1. The molecular formula is C37H40BrN3O6S. The van der Waals surface area contributed by atoms with Gasteiger partial charge in [-0.15, -0.1) is 0 Å². The van der Waals surface area contributed by atoms with E-state index in [1.54, 1.807) is 54.6 Å². The van der Waals surface area contributed by atoms with Crippen molar-refractivity contribution in [1.82, 2.24) is 10.9 Å². The van der Waals surface area contributed by atoms with E-state index >= 15 is 0 Å². The predicted molar refractivity (Wildman–Crippen MR) is 190 cm³/mol. The van der Waals surface area contributed by atoms with Crippen molar-refractivity contribution in [3.63, 3.8) is 0 Å². The van der Waals surface area contributed by atoms with Crippen LogP contribution >= 0.6 is 15.9 Å². The van der Waals surface area contributed by atoms with Gasteiger partial charge in [-0.3, -0.25) is 10.2 Å². The lowest BCUT2D eigenvalue weighted by molar-refractivity contribution is -0.130. The normalized spacial score (nSPS) is 17.4. The number of amides is 1. The highest BCUT2D eigenvalue weighted by Crippen LogP contribution is 2.43. The molecule has 1 amide bonds. The van der Waals surface area contributed by atoms with Crippen LogP contribution in [0.1, 0.15) is 48.5 Å². The van der Waals surface area contributed by atoms with Crippen molar-refractivity contribution < 1.29 is 27.8 Å². The maximum Gasteiger partial charge on any atom is 0.266 e. The van der Waals surface area contributed by atoms with Gasteiger partial charge in [0.2, 0.25) is 5.90 Å². The number of carbonyl (C=O) groups excluding carboxylic acids is 1. The topological polar surface area (TPSA) is 126 Å². The minimum Gasteiger partial charge on any atom is -0.494 e. The van der Waals surface area contributed by atoms with Gasteiger partial charge in [0, 0.05) is 36.0 Å². The van der Waals surface area contributed by atoms with E-state index in [4.69, 9.17) is 19.6 Å². The number of ether oxygens (including phenoxy) is 2. The molecule has 252 valence electrons. The van der Waals surface area contributed by atoms with E-state index in [1.807, 2.05) is 42.5 Å². The van der Waals surface area contributed by atoms with Gasteiger partial charge in [0.05, 0.1) is 17.3 Å². The van der Waals surface area contributed by atoms with Gasteiger partial charge in [-0.05, 0) is 78.9 Å². The largest absolute Gasteiger partial charge is 0.494 e. The maximum atomic E-state index is 14.3. The third-order valence-electron chi connectivity index (χ3n) is 8.12. The number of aryl methyl sites for hydroxylation is 1. The van der Waals surface area contributed by atoms with Crippen molar-refractivity contribution in [3.8, 4) is 5.75 Å². The molecule has 1 heterocycles. The van der Waals surface area contributed by atoms with Crippen LogP contribution in [0.2, 0.25) is 0 Å². The van der Waals surface area contributed by atoms with Crippen LogP contribution in [0.15, 0.2) is 124 Å². The Kier molecular flexibility index (Phi) is 12.4. The summed E-state index contributed by atoms with van der Waals surface area (Å²) in [5, 5.41) is 9.06. The molecule has 0 spiro atoms. The predicted octanol–water partition coefficient (Wildman–Crippen LogP) is 5.97. The van der Waals surface area contributed by atoms with Crippen LogP contribution in [0, 0.1) is 0 Å². The number of hydrazine groups is 1. The van der Waals surface area contributed by atoms with E-state index in [0.29, 0.717) is 36.4 Å². The fourth-order valence-electron chi connectivity index (χ4n) is 5.48. The monoisotopic (exact) mass is 733 g/mol. The second-order valence-corrected chi connectivity index (χ2v) is 14.6. The molecule has 2 atom stereocenters. The van der Waals surface area contributed by atoms with Crippen LogP contribution in [0.5, 0.6) is 5.75 Å². The number of hydrogen-bond donors (Lipinski definition) is 3. The third kappa shape index (κ3) is 9.10. The fraction of sp³-hybridized carbons (Fsp3) is 0.297. The lowest BCUT2D eigenvalue weighted by atomic mass is 9.85. The number of aliphatic imine (C=N–C) groups is 1. The SMILES string of the molecule is O=C(NNCCCCc1ccccc1)[C@@]1(CCS(=O)(=O)c2ccccc2)N=C(c2ccc(OCCCO)cc2)O[C@H]1c1ccc(Br)cc1. The van der Waals surface area contributed by atoms with Crippen molar-refractivity contribution in [3.05, 3.63) is 130 Å². The Labute approximate surface area is 290 Å². The number of nitrogens with zero attached hydrogens (tertiary/aromatic N) is 1. The lowest BCUT2D eigenvalue weighted by Crippen LogP contribution is -2.53. The van der Waals surface area contributed by atoms with Crippen LogP contribution < -0.4 is 15.6 Å². The van der Waals surface area contributed by atoms with Crippen molar-refractivity contribution in [2.45, 2.75) is 48.6 Å². The summed E-state index contributed by atoms with van der Waals surface area (Å²) < 4.78 is 40.0.